The molecule has 1 fully saturated rings. The molecule has 0 aromatic carbocycles. The van der Waals surface area contributed by atoms with Crippen LogP contribution < -0.4 is 5.32 Å². The average molecular weight is 242 g/mol. The molecular weight excluding hydrogens is 212 g/mol. The van der Waals surface area contributed by atoms with E-state index in [0.717, 1.165) is 19.7 Å². The van der Waals surface area contributed by atoms with Crippen LogP contribution in [0.5, 0.6) is 0 Å². The van der Waals surface area contributed by atoms with E-state index in [1.807, 2.05) is 0 Å². The van der Waals surface area contributed by atoms with Gasteiger partial charge in [0.05, 0.1) is 6.10 Å². The maximum atomic E-state index is 5.61. The maximum absolute atomic E-state index is 5.61. The second-order valence-electron chi connectivity index (χ2n) is 4.96. The van der Waals surface area contributed by atoms with Gasteiger partial charge in [-0.05, 0) is 51.7 Å². The van der Waals surface area contributed by atoms with Gasteiger partial charge in [-0.25, -0.2) is 0 Å². The van der Waals surface area contributed by atoms with Gasteiger partial charge in [0, 0.05) is 19.7 Å². The quantitative estimate of drug-likeness (QED) is 0.595. The standard InChI is InChI=1S/C14H30N2O/c1-3-11-16(4-2)12-10-15-9-5-7-14-8-6-13-17-14/h14-15H,3-13H2,1-2H3. The summed E-state index contributed by atoms with van der Waals surface area (Å²) in [5.41, 5.74) is 0. The van der Waals surface area contributed by atoms with Crippen LogP contribution in [0.25, 0.3) is 0 Å². The number of hydrogen-bond donors (Lipinski definition) is 1. The summed E-state index contributed by atoms with van der Waals surface area (Å²) in [6.07, 6.45) is 6.85. The van der Waals surface area contributed by atoms with E-state index in [9.17, 15) is 0 Å². The molecule has 0 spiro atoms. The van der Waals surface area contributed by atoms with Crippen LogP contribution in [0.15, 0.2) is 0 Å². The summed E-state index contributed by atoms with van der Waals surface area (Å²) in [4.78, 5) is 2.51. The molecule has 1 atom stereocenters. The number of nitrogens with zero attached hydrogens (tertiary/aromatic N) is 1. The Balaban J connectivity index is 1.86. The Morgan fingerprint density at radius 3 is 2.76 bits per heavy atom. The molecule has 3 heteroatoms. The van der Waals surface area contributed by atoms with Crippen LogP contribution in [-0.4, -0.2) is 50.3 Å². The lowest BCUT2D eigenvalue weighted by molar-refractivity contribution is 0.102. The van der Waals surface area contributed by atoms with Crippen molar-refractivity contribution in [1.82, 2.24) is 10.2 Å². The zero-order chi connectivity index (χ0) is 12.3. The maximum Gasteiger partial charge on any atom is 0.0576 e. The van der Waals surface area contributed by atoms with E-state index >= 15 is 0 Å². The topological polar surface area (TPSA) is 24.5 Å². The Labute approximate surface area is 107 Å². The lowest BCUT2D eigenvalue weighted by Gasteiger charge is -2.19. The van der Waals surface area contributed by atoms with Gasteiger partial charge < -0.3 is 15.0 Å². The molecule has 102 valence electrons. The molecule has 0 saturated carbocycles. The van der Waals surface area contributed by atoms with Gasteiger partial charge in [-0.15, -0.1) is 0 Å². The van der Waals surface area contributed by atoms with Gasteiger partial charge in [0.25, 0.3) is 0 Å². The first-order valence-corrected chi connectivity index (χ1v) is 7.41. The van der Waals surface area contributed by atoms with Crippen molar-refractivity contribution in [2.45, 2.75) is 52.1 Å². The van der Waals surface area contributed by atoms with Gasteiger partial charge in [-0.1, -0.05) is 13.8 Å². The number of nitrogens with one attached hydrogen (secondary N) is 1. The molecule has 0 amide bonds. The van der Waals surface area contributed by atoms with Crippen LogP contribution in [0.3, 0.4) is 0 Å². The highest BCUT2D eigenvalue weighted by Gasteiger charge is 2.14. The molecule has 1 heterocycles. The summed E-state index contributed by atoms with van der Waals surface area (Å²) < 4.78 is 5.61. The molecule has 1 saturated heterocycles. The summed E-state index contributed by atoms with van der Waals surface area (Å²) in [5.74, 6) is 0. The Morgan fingerprint density at radius 2 is 2.12 bits per heavy atom. The first kappa shape index (κ1) is 14.9. The van der Waals surface area contributed by atoms with Crippen LogP contribution in [0, 0.1) is 0 Å². The van der Waals surface area contributed by atoms with Crippen molar-refractivity contribution < 1.29 is 4.74 Å². The summed E-state index contributed by atoms with van der Waals surface area (Å²) in [7, 11) is 0. The Kier molecular flexibility index (Phi) is 8.67. The van der Waals surface area contributed by atoms with Crippen molar-refractivity contribution in [3.8, 4) is 0 Å². The zero-order valence-corrected chi connectivity index (χ0v) is 11.7. The first-order chi connectivity index (χ1) is 8.36. The van der Waals surface area contributed by atoms with E-state index in [-0.39, 0.29) is 0 Å². The van der Waals surface area contributed by atoms with Crippen molar-refractivity contribution in [2.75, 3.05) is 39.3 Å². The van der Waals surface area contributed by atoms with Crippen LogP contribution in [0.1, 0.15) is 46.0 Å². The fourth-order valence-electron chi connectivity index (χ4n) is 2.43. The van der Waals surface area contributed by atoms with Crippen molar-refractivity contribution in [2.24, 2.45) is 0 Å². The molecular formula is C14H30N2O. The minimum absolute atomic E-state index is 0.559. The molecule has 1 aliphatic heterocycles. The smallest absolute Gasteiger partial charge is 0.0576 e. The molecule has 1 N–H and O–H groups in total. The average Bonchev–Trinajstić information content (AvgIpc) is 2.85. The molecule has 0 bridgehead atoms. The van der Waals surface area contributed by atoms with E-state index < -0.39 is 0 Å². The molecule has 0 aliphatic carbocycles. The highest BCUT2D eigenvalue weighted by molar-refractivity contribution is 4.65. The Bertz CT molecular complexity index is 170. The van der Waals surface area contributed by atoms with Gasteiger partial charge in [0.15, 0.2) is 0 Å². The second-order valence-corrected chi connectivity index (χ2v) is 4.96. The fourth-order valence-corrected chi connectivity index (χ4v) is 2.43. The third kappa shape index (κ3) is 7.02. The van der Waals surface area contributed by atoms with Crippen molar-refractivity contribution >= 4 is 0 Å². The summed E-state index contributed by atoms with van der Waals surface area (Å²) in [6.45, 7) is 11.3. The van der Waals surface area contributed by atoms with Gasteiger partial charge in [-0.3, -0.25) is 0 Å². The summed E-state index contributed by atoms with van der Waals surface area (Å²) in [6, 6.07) is 0. The van der Waals surface area contributed by atoms with Gasteiger partial charge in [-0.2, -0.15) is 0 Å². The monoisotopic (exact) mass is 242 g/mol. The van der Waals surface area contributed by atoms with Crippen molar-refractivity contribution in [3.05, 3.63) is 0 Å². The van der Waals surface area contributed by atoms with Crippen molar-refractivity contribution in [3.63, 3.8) is 0 Å². The highest BCUT2D eigenvalue weighted by Crippen LogP contribution is 2.16. The number of rotatable bonds is 10. The van der Waals surface area contributed by atoms with E-state index in [4.69, 9.17) is 4.74 Å². The normalized spacial score (nSPS) is 20.3. The van der Waals surface area contributed by atoms with Crippen LogP contribution >= 0.6 is 0 Å². The minimum atomic E-state index is 0.559. The lowest BCUT2D eigenvalue weighted by atomic mass is 10.1. The highest BCUT2D eigenvalue weighted by atomic mass is 16.5. The van der Waals surface area contributed by atoms with E-state index in [1.54, 1.807) is 0 Å². The Hall–Kier alpha value is -0.120. The van der Waals surface area contributed by atoms with Crippen molar-refractivity contribution in [1.29, 1.82) is 0 Å². The summed E-state index contributed by atoms with van der Waals surface area (Å²) in [5, 5.41) is 3.54. The van der Waals surface area contributed by atoms with E-state index in [1.165, 1.54) is 51.7 Å². The van der Waals surface area contributed by atoms with Gasteiger partial charge in [0.1, 0.15) is 0 Å². The Morgan fingerprint density at radius 1 is 1.24 bits per heavy atom. The summed E-state index contributed by atoms with van der Waals surface area (Å²) >= 11 is 0. The molecule has 3 nitrogen and oxygen atoms in total. The molecule has 0 aromatic rings. The fraction of sp³-hybridized carbons (Fsp3) is 1.00. The molecule has 0 radical (unpaired) electrons. The van der Waals surface area contributed by atoms with Gasteiger partial charge in [0.2, 0.25) is 0 Å². The molecule has 17 heavy (non-hydrogen) atoms. The predicted octanol–water partition coefficient (Wildman–Crippen LogP) is 2.27. The number of hydrogen-bond acceptors (Lipinski definition) is 3. The van der Waals surface area contributed by atoms with E-state index in [0.29, 0.717) is 6.10 Å². The third-order valence-electron chi connectivity index (χ3n) is 3.50. The van der Waals surface area contributed by atoms with Crippen LogP contribution in [0.2, 0.25) is 0 Å². The second kappa shape index (κ2) is 9.86. The zero-order valence-electron chi connectivity index (χ0n) is 11.7. The predicted molar refractivity (Wildman–Crippen MR) is 73.5 cm³/mol. The molecule has 1 aliphatic rings. The number of likely N-dealkylation sites (N-methyl/N-ethyl adjacent to an activating group) is 1. The minimum Gasteiger partial charge on any atom is -0.378 e. The molecule has 1 rings (SSSR count). The number of ether oxygens (including phenoxy) is 1. The van der Waals surface area contributed by atoms with Crippen LogP contribution in [-0.2, 0) is 4.74 Å². The third-order valence-corrected chi connectivity index (χ3v) is 3.50. The largest absolute Gasteiger partial charge is 0.378 e. The molecule has 1 unspecified atom stereocenters. The van der Waals surface area contributed by atoms with E-state index in [2.05, 4.69) is 24.1 Å². The lowest BCUT2D eigenvalue weighted by Crippen LogP contribution is -2.33. The molecule has 0 aromatic heterocycles. The first-order valence-electron chi connectivity index (χ1n) is 7.41. The van der Waals surface area contributed by atoms with Gasteiger partial charge >= 0.3 is 0 Å². The SMILES string of the molecule is CCCN(CC)CCNCCCC1CCCO1. The van der Waals surface area contributed by atoms with Crippen LogP contribution in [0.4, 0.5) is 0 Å².